The van der Waals surface area contributed by atoms with Gasteiger partial charge in [0.05, 0.1) is 0 Å². The average molecular weight is 186 g/mol. The average Bonchev–Trinajstić information content (AvgIpc) is 1.98. The third-order valence-corrected chi connectivity index (χ3v) is 0.968. The van der Waals surface area contributed by atoms with Gasteiger partial charge in [0.15, 0.2) is 12.3 Å². The van der Waals surface area contributed by atoms with Crippen LogP contribution in [0.25, 0.3) is 0 Å². The Morgan fingerprint density at radius 1 is 1.25 bits per heavy atom. The summed E-state index contributed by atoms with van der Waals surface area (Å²) in [5.41, 5.74) is 0. The minimum Gasteiger partial charge on any atom is -0.478 e. The third kappa shape index (κ3) is 3.95. The second-order valence-electron chi connectivity index (χ2n) is 1.92. The van der Waals surface area contributed by atoms with Crippen LogP contribution in [0.4, 0.5) is 17.6 Å². The maximum absolute atomic E-state index is 12.2. The molecule has 2 nitrogen and oxygen atoms in total. The number of carboxylic acid groups (broad SMARTS) is 1. The Labute approximate surface area is 65.5 Å². The molecule has 0 aliphatic rings. The molecule has 0 heterocycles. The molecule has 1 N–H and O–H groups in total. The smallest absolute Gasteiger partial charge is 0.328 e. The first-order chi connectivity index (χ1) is 5.45. The lowest BCUT2D eigenvalue weighted by Crippen LogP contribution is -2.23. The van der Waals surface area contributed by atoms with Crippen LogP contribution in [0.5, 0.6) is 0 Å². The minimum absolute atomic E-state index is 0.235. The van der Waals surface area contributed by atoms with Crippen LogP contribution in [0, 0.1) is 0 Å². The highest BCUT2D eigenvalue weighted by atomic mass is 19.3. The number of aliphatic carboxylic acids is 1. The summed E-state index contributed by atoms with van der Waals surface area (Å²) in [4.78, 5) is 9.73. The molecule has 0 rings (SSSR count). The van der Waals surface area contributed by atoms with Gasteiger partial charge in [-0.3, -0.25) is 0 Å². The molecular weight excluding hydrogens is 180 g/mol. The third-order valence-electron chi connectivity index (χ3n) is 0.968. The summed E-state index contributed by atoms with van der Waals surface area (Å²) in [6.45, 7) is 0. The van der Waals surface area contributed by atoms with Crippen molar-refractivity contribution in [2.45, 2.75) is 18.8 Å². The Morgan fingerprint density at radius 2 is 1.75 bits per heavy atom. The molecule has 0 spiro atoms. The van der Waals surface area contributed by atoms with E-state index in [9.17, 15) is 22.4 Å². The van der Waals surface area contributed by atoms with E-state index in [0.717, 1.165) is 0 Å². The Kier molecular flexibility index (Phi) is 4.31. The summed E-state index contributed by atoms with van der Waals surface area (Å²) in [5, 5.41) is 7.92. The summed E-state index contributed by atoms with van der Waals surface area (Å²) < 4.78 is 47.0. The van der Waals surface area contributed by atoms with E-state index in [4.69, 9.17) is 5.11 Å². The summed E-state index contributed by atoms with van der Waals surface area (Å²) in [5.74, 6) is -1.51. The molecule has 0 fully saturated rings. The van der Waals surface area contributed by atoms with Crippen LogP contribution < -0.4 is 0 Å². The molecule has 12 heavy (non-hydrogen) atoms. The molecule has 0 aliphatic heterocycles. The molecule has 0 amide bonds. The summed E-state index contributed by atoms with van der Waals surface area (Å²) in [6, 6.07) is 0. The van der Waals surface area contributed by atoms with Crippen molar-refractivity contribution >= 4 is 5.97 Å². The number of halogens is 4. The first-order valence-corrected chi connectivity index (χ1v) is 2.92. The molecule has 0 radical (unpaired) electrons. The van der Waals surface area contributed by atoms with Crippen LogP contribution in [0.2, 0.25) is 0 Å². The fourth-order valence-electron chi connectivity index (χ4n) is 0.419. The van der Waals surface area contributed by atoms with Crippen molar-refractivity contribution in [1.29, 1.82) is 0 Å². The SMILES string of the molecule is O=C(O)C=CC(F)C(F)C(F)F. The predicted molar refractivity (Wildman–Crippen MR) is 32.6 cm³/mol. The zero-order chi connectivity index (χ0) is 9.72. The molecule has 0 aromatic heterocycles. The number of carbonyl (C=O) groups is 1. The van der Waals surface area contributed by atoms with Gasteiger partial charge in [0.1, 0.15) is 0 Å². The number of rotatable bonds is 4. The highest BCUT2D eigenvalue weighted by Crippen LogP contribution is 2.13. The molecule has 0 saturated heterocycles. The maximum atomic E-state index is 12.2. The topological polar surface area (TPSA) is 37.3 Å². The van der Waals surface area contributed by atoms with Crippen LogP contribution in [0.1, 0.15) is 0 Å². The lowest BCUT2D eigenvalue weighted by Gasteiger charge is -2.07. The number of carboxylic acids is 1. The Hall–Kier alpha value is -1.07. The van der Waals surface area contributed by atoms with Crippen molar-refractivity contribution in [2.24, 2.45) is 0 Å². The summed E-state index contributed by atoms with van der Waals surface area (Å²) in [6.07, 6.45) is -8.49. The van der Waals surface area contributed by atoms with Crippen LogP contribution >= 0.6 is 0 Å². The van der Waals surface area contributed by atoms with Gasteiger partial charge in [-0.05, 0) is 6.08 Å². The number of hydrogen-bond acceptors (Lipinski definition) is 1. The summed E-state index contributed by atoms with van der Waals surface area (Å²) >= 11 is 0. The minimum atomic E-state index is -3.45. The van der Waals surface area contributed by atoms with Gasteiger partial charge in [-0.25, -0.2) is 22.4 Å². The van der Waals surface area contributed by atoms with Crippen molar-refractivity contribution < 1.29 is 27.5 Å². The molecule has 0 aromatic rings. The van der Waals surface area contributed by atoms with E-state index in [0.29, 0.717) is 0 Å². The predicted octanol–water partition coefficient (Wildman–Crippen LogP) is 1.57. The molecule has 0 aliphatic carbocycles. The van der Waals surface area contributed by atoms with Crippen LogP contribution in [-0.4, -0.2) is 29.8 Å². The monoisotopic (exact) mass is 186 g/mol. The lowest BCUT2D eigenvalue weighted by atomic mass is 10.2. The number of allylic oxidation sites excluding steroid dienone is 1. The standard InChI is InChI=1S/C6H6F4O2/c7-3(1-2-4(11)12)5(8)6(9)10/h1-3,5-6H,(H,11,12). The molecule has 0 saturated carbocycles. The zero-order valence-corrected chi connectivity index (χ0v) is 5.75. The second-order valence-corrected chi connectivity index (χ2v) is 1.92. The quantitative estimate of drug-likeness (QED) is 0.534. The maximum Gasteiger partial charge on any atom is 0.328 e. The number of alkyl halides is 4. The van der Waals surface area contributed by atoms with Gasteiger partial charge in [-0.15, -0.1) is 0 Å². The van der Waals surface area contributed by atoms with Crippen molar-refractivity contribution in [1.82, 2.24) is 0 Å². The molecule has 0 aromatic carbocycles. The van der Waals surface area contributed by atoms with Gasteiger partial charge in [-0.2, -0.15) is 0 Å². The van der Waals surface area contributed by atoms with Gasteiger partial charge in [-0.1, -0.05) is 0 Å². The first kappa shape index (κ1) is 10.9. The highest BCUT2D eigenvalue weighted by molar-refractivity contribution is 5.79. The van der Waals surface area contributed by atoms with E-state index < -0.39 is 24.7 Å². The van der Waals surface area contributed by atoms with Crippen molar-refractivity contribution in [3.63, 3.8) is 0 Å². The van der Waals surface area contributed by atoms with Gasteiger partial charge < -0.3 is 5.11 Å². The van der Waals surface area contributed by atoms with Gasteiger partial charge in [0.2, 0.25) is 0 Å². The van der Waals surface area contributed by atoms with Crippen molar-refractivity contribution in [3.05, 3.63) is 12.2 Å². The normalized spacial score (nSPS) is 16.8. The Morgan fingerprint density at radius 3 is 2.08 bits per heavy atom. The molecular formula is C6H6F4O2. The van der Waals surface area contributed by atoms with E-state index in [-0.39, 0.29) is 12.2 Å². The first-order valence-electron chi connectivity index (χ1n) is 2.92. The van der Waals surface area contributed by atoms with E-state index in [1.165, 1.54) is 0 Å². The molecule has 2 atom stereocenters. The van der Waals surface area contributed by atoms with Crippen LogP contribution in [0.3, 0.4) is 0 Å². The molecule has 2 unspecified atom stereocenters. The van der Waals surface area contributed by atoms with E-state index in [1.54, 1.807) is 0 Å². The Bertz CT molecular complexity index is 180. The molecule has 6 heteroatoms. The fourth-order valence-corrected chi connectivity index (χ4v) is 0.419. The van der Waals surface area contributed by atoms with E-state index in [1.807, 2.05) is 0 Å². The van der Waals surface area contributed by atoms with Crippen LogP contribution in [-0.2, 0) is 4.79 Å². The van der Waals surface area contributed by atoms with E-state index >= 15 is 0 Å². The number of hydrogen-bond donors (Lipinski definition) is 1. The summed E-state index contributed by atoms with van der Waals surface area (Å²) in [7, 11) is 0. The van der Waals surface area contributed by atoms with Crippen molar-refractivity contribution in [3.8, 4) is 0 Å². The fraction of sp³-hybridized carbons (Fsp3) is 0.500. The van der Waals surface area contributed by atoms with Crippen molar-refractivity contribution in [2.75, 3.05) is 0 Å². The second kappa shape index (κ2) is 4.74. The highest BCUT2D eigenvalue weighted by Gasteiger charge is 2.27. The van der Waals surface area contributed by atoms with Crippen LogP contribution in [0.15, 0.2) is 12.2 Å². The van der Waals surface area contributed by atoms with E-state index in [2.05, 4.69) is 0 Å². The van der Waals surface area contributed by atoms with Gasteiger partial charge in [0, 0.05) is 6.08 Å². The Balaban J connectivity index is 4.03. The van der Waals surface area contributed by atoms with Gasteiger partial charge in [0.25, 0.3) is 6.43 Å². The molecule has 0 bridgehead atoms. The zero-order valence-electron chi connectivity index (χ0n) is 5.75. The van der Waals surface area contributed by atoms with Gasteiger partial charge >= 0.3 is 5.97 Å². The molecule has 70 valence electrons. The lowest BCUT2D eigenvalue weighted by molar-refractivity contribution is -0.131. The largest absolute Gasteiger partial charge is 0.478 e.